The summed E-state index contributed by atoms with van der Waals surface area (Å²) in [5.41, 5.74) is -0.616. The molecule has 1 aliphatic carbocycles. The molecule has 0 spiro atoms. The molecular formula is C34H39ClF3N7O5. The van der Waals surface area contributed by atoms with Gasteiger partial charge in [0.05, 0.1) is 37.4 Å². The van der Waals surface area contributed by atoms with E-state index in [1.165, 1.54) is 0 Å². The van der Waals surface area contributed by atoms with Crippen LogP contribution in [-0.4, -0.2) is 80.0 Å². The van der Waals surface area contributed by atoms with Crippen molar-refractivity contribution < 1.29 is 35.0 Å². The molecule has 3 aromatic rings. The maximum absolute atomic E-state index is 14.6. The molecule has 0 bridgehead atoms. The van der Waals surface area contributed by atoms with Gasteiger partial charge in [-0.3, -0.25) is 14.2 Å². The Balaban J connectivity index is 1.31. The number of anilines is 2. The number of hydrogen-bond donors (Lipinski definition) is 1. The number of halogens is 4. The minimum absolute atomic E-state index is 0.00586. The van der Waals surface area contributed by atoms with Gasteiger partial charge in [0.2, 0.25) is 11.7 Å². The third kappa shape index (κ3) is 6.12. The van der Waals surface area contributed by atoms with Crippen molar-refractivity contribution in [3.63, 3.8) is 0 Å². The van der Waals surface area contributed by atoms with Crippen LogP contribution in [0.3, 0.4) is 0 Å². The molecule has 2 fully saturated rings. The van der Waals surface area contributed by atoms with Gasteiger partial charge in [-0.1, -0.05) is 24.6 Å². The van der Waals surface area contributed by atoms with Gasteiger partial charge >= 0.3 is 12.3 Å². The highest BCUT2D eigenvalue weighted by Gasteiger charge is 2.49. The normalized spacial score (nSPS) is 25.5. The fourth-order valence-corrected chi connectivity index (χ4v) is 7.55. The van der Waals surface area contributed by atoms with Gasteiger partial charge in [0, 0.05) is 31.6 Å². The van der Waals surface area contributed by atoms with Crippen LogP contribution in [0, 0.1) is 0 Å². The number of amides is 2. The van der Waals surface area contributed by atoms with Crippen LogP contribution < -0.4 is 15.8 Å². The predicted octanol–water partition coefficient (Wildman–Crippen LogP) is 6.03. The number of ether oxygens (including phenoxy) is 2. The van der Waals surface area contributed by atoms with Gasteiger partial charge in [-0.25, -0.2) is 4.79 Å². The van der Waals surface area contributed by atoms with E-state index in [-0.39, 0.29) is 66.2 Å². The van der Waals surface area contributed by atoms with Crippen molar-refractivity contribution in [1.29, 1.82) is 0 Å². The van der Waals surface area contributed by atoms with Crippen LogP contribution in [-0.2, 0) is 20.4 Å². The summed E-state index contributed by atoms with van der Waals surface area (Å²) in [5.74, 6) is -0.633. The van der Waals surface area contributed by atoms with Crippen molar-refractivity contribution in [2.45, 2.75) is 95.6 Å². The number of aromatic nitrogens is 4. The zero-order valence-electron chi connectivity index (χ0n) is 30.0. The summed E-state index contributed by atoms with van der Waals surface area (Å²) >= 11 is 6.21. The summed E-state index contributed by atoms with van der Waals surface area (Å²) in [4.78, 5) is 50.3. The molecule has 7 rings (SSSR count). The fourth-order valence-electron chi connectivity index (χ4n) is 7.33. The topological polar surface area (TPSA) is 123 Å². The average Bonchev–Trinajstić information content (AvgIpc) is 3.55. The minimum Gasteiger partial charge on any atom is -0.444 e. The molecule has 12 nitrogen and oxygen atoms in total. The number of alkyl halides is 3. The first-order valence-electron chi connectivity index (χ1n) is 17.7. The van der Waals surface area contributed by atoms with Crippen molar-refractivity contribution in [1.82, 2.24) is 24.1 Å². The Bertz CT molecular complexity index is 2050. The average molecular weight is 720 g/mol. The number of fused-ring (bicyclic) bond motifs is 4. The van der Waals surface area contributed by atoms with E-state index in [4.69, 9.17) is 28.8 Å². The number of nitrogens with one attached hydrogen (secondary N) is 1. The van der Waals surface area contributed by atoms with Gasteiger partial charge in [0.25, 0.3) is 5.56 Å². The van der Waals surface area contributed by atoms with Crippen LogP contribution in [0.15, 0.2) is 29.1 Å². The summed E-state index contributed by atoms with van der Waals surface area (Å²) in [6.45, 7) is 6.04. The molecule has 1 saturated carbocycles. The van der Waals surface area contributed by atoms with Crippen LogP contribution in [0.5, 0.6) is 0 Å². The second-order valence-electron chi connectivity index (χ2n) is 14.2. The molecule has 2 aromatic heterocycles. The maximum Gasteiger partial charge on any atom is 0.416 e. The zero-order valence-corrected chi connectivity index (χ0v) is 28.8. The lowest BCUT2D eigenvalue weighted by molar-refractivity contribution is -0.137. The molecule has 2 unspecified atom stereocenters. The Kier molecular flexibility index (Phi) is 8.02. The Morgan fingerprint density at radius 2 is 1.92 bits per heavy atom. The van der Waals surface area contributed by atoms with Gasteiger partial charge in [-0.05, 0) is 76.6 Å². The number of benzene rings is 1. The highest BCUT2D eigenvalue weighted by molar-refractivity contribution is 6.33. The monoisotopic (exact) mass is 719 g/mol. The van der Waals surface area contributed by atoms with Gasteiger partial charge in [-0.15, -0.1) is 5.10 Å². The first kappa shape index (κ1) is 31.8. The third-order valence-corrected chi connectivity index (χ3v) is 10.0. The van der Waals surface area contributed by atoms with E-state index in [2.05, 4.69) is 10.4 Å². The number of piperazine rings is 1. The molecule has 50 heavy (non-hydrogen) atoms. The second kappa shape index (κ2) is 12.6. The molecular weight excluding hydrogens is 679 g/mol. The number of nitrogens with zero attached hydrogens (tertiary/aromatic N) is 6. The van der Waals surface area contributed by atoms with Crippen molar-refractivity contribution >= 4 is 46.3 Å². The Morgan fingerprint density at radius 3 is 2.60 bits per heavy atom. The molecule has 0 radical (unpaired) electrons. The van der Waals surface area contributed by atoms with Crippen molar-refractivity contribution in [2.75, 3.05) is 36.5 Å². The van der Waals surface area contributed by atoms with Gasteiger partial charge < -0.3 is 24.6 Å². The first-order chi connectivity index (χ1) is 24.3. The number of hydrogen-bond acceptors (Lipinski definition) is 8. The summed E-state index contributed by atoms with van der Waals surface area (Å²) < 4.78 is 69.8. The maximum atomic E-state index is 14.6. The van der Waals surface area contributed by atoms with E-state index >= 15 is 0 Å². The number of allylic oxidation sites excluding steroid dienone is 1. The molecule has 2 amide bonds. The van der Waals surface area contributed by atoms with E-state index in [1.54, 1.807) is 36.3 Å². The van der Waals surface area contributed by atoms with Gasteiger partial charge in [0.1, 0.15) is 17.3 Å². The van der Waals surface area contributed by atoms with Crippen LogP contribution >= 0.6 is 11.6 Å². The van der Waals surface area contributed by atoms with Crippen molar-refractivity contribution in [3.05, 3.63) is 56.7 Å². The smallest absolute Gasteiger partial charge is 0.416 e. The number of carbonyl (C=O) groups is 2. The molecule has 3 aliphatic heterocycles. The van der Waals surface area contributed by atoms with E-state index in [1.807, 2.05) is 11.8 Å². The quantitative estimate of drug-likeness (QED) is 0.347. The Morgan fingerprint density at radius 1 is 1.16 bits per heavy atom. The van der Waals surface area contributed by atoms with E-state index in [0.29, 0.717) is 36.5 Å². The van der Waals surface area contributed by atoms with Crippen LogP contribution in [0.2, 0.25) is 5.02 Å². The molecule has 4 aliphatic rings. The first-order valence-corrected chi connectivity index (χ1v) is 17.0. The number of rotatable bonds is 4. The second-order valence-corrected chi connectivity index (χ2v) is 14.6. The molecule has 268 valence electrons. The van der Waals surface area contributed by atoms with Crippen LogP contribution in [0.1, 0.15) is 91.6 Å². The summed E-state index contributed by atoms with van der Waals surface area (Å²) in [6.07, 6.45) is -1.43. The van der Waals surface area contributed by atoms with E-state index in [0.717, 1.165) is 29.1 Å². The lowest BCUT2D eigenvalue weighted by Crippen LogP contribution is -2.67. The molecule has 5 heterocycles. The van der Waals surface area contributed by atoms with Crippen LogP contribution in [0.25, 0.3) is 11.4 Å². The molecule has 16 heteroatoms. The Labute approximate surface area is 294 Å². The molecule has 4 atom stereocenters. The van der Waals surface area contributed by atoms with Crippen molar-refractivity contribution in [2.24, 2.45) is 0 Å². The highest BCUT2D eigenvalue weighted by atomic mass is 35.5. The van der Waals surface area contributed by atoms with Crippen molar-refractivity contribution in [3.8, 4) is 0 Å². The molecule has 1 N–H and O–H groups in total. The predicted molar refractivity (Wildman–Crippen MR) is 180 cm³/mol. The van der Waals surface area contributed by atoms with E-state index in [9.17, 15) is 27.6 Å². The Hall–Kier alpha value is -4.11. The standard InChI is InChI=1S/C34H39ClF3N7O5/c1-18-16-25(29(46)39-22-8-7-20(17-21(22)35)34(36,37)38)44-26(18)27(30(47)45-31(44)40-28(41-45)19-6-5-14-49-15-11-19)42-12-13-43(24-10-9-23(24)42)32(48)50-33(2,3)4/h7-8,11,17-18,23-25H,5-6,9-10,12-16H2,1-4H3,(H,39,46)/t18?,23-,24-,25?/m0/s1/i14D2. The zero-order chi connectivity index (χ0) is 37.5. The van der Waals surface area contributed by atoms with Crippen LogP contribution in [0.4, 0.5) is 29.3 Å². The summed E-state index contributed by atoms with van der Waals surface area (Å²) in [6, 6.07) is 1.33. The lowest BCUT2D eigenvalue weighted by Gasteiger charge is -2.54. The van der Waals surface area contributed by atoms with E-state index < -0.39 is 47.5 Å². The number of carbonyl (C=O) groups excluding carboxylic acids is 2. The largest absolute Gasteiger partial charge is 0.444 e. The van der Waals surface area contributed by atoms with Gasteiger partial charge in [-0.2, -0.15) is 22.7 Å². The summed E-state index contributed by atoms with van der Waals surface area (Å²) in [7, 11) is 0. The highest BCUT2D eigenvalue weighted by Crippen LogP contribution is 2.45. The SMILES string of the molecule is [2H]C1([2H])CCC(c2nc3n4c(c(N5CCN(C(=O)OC(C)(C)C)[C@H]6CC[C@@H]65)c(=O)n3n2)C(C)CC4C(=O)Nc2ccc(C(F)(F)F)cc2Cl)=CCO1. The molecule has 1 aromatic carbocycles. The fraction of sp³-hybridized carbons (Fsp3) is 0.559. The lowest BCUT2D eigenvalue weighted by atomic mass is 9.81. The van der Waals surface area contributed by atoms with Gasteiger partial charge in [0.15, 0.2) is 5.82 Å². The molecule has 1 saturated heterocycles. The third-order valence-electron chi connectivity index (χ3n) is 9.71. The minimum atomic E-state index is -4.62. The summed E-state index contributed by atoms with van der Waals surface area (Å²) in [5, 5.41) is 7.01.